The number of hydrogen-bond donors (Lipinski definition) is 0. The first kappa shape index (κ1) is 67.1. The van der Waals surface area contributed by atoms with Crippen molar-refractivity contribution in [2.75, 3.05) is 0 Å². The van der Waals surface area contributed by atoms with Gasteiger partial charge in [0.2, 0.25) is 0 Å². The Balaban J connectivity index is 3.97. The zero-order chi connectivity index (χ0) is 48.1. The molecule has 0 saturated heterocycles. The maximum Gasteiger partial charge on any atom is 0.139 e. The Bertz CT molecular complexity index is 701. The largest absolute Gasteiger partial charge is 0.139 e. The molecule has 0 aliphatic carbocycles. The topological polar surface area (TPSA) is 0 Å². The third-order valence-electron chi connectivity index (χ3n) is 16.4. The van der Waals surface area contributed by atoms with Crippen LogP contribution in [-0.2, 0) is 0 Å². The molecule has 0 fully saturated rings. The van der Waals surface area contributed by atoms with E-state index in [1.165, 1.54) is 404 Å². The van der Waals surface area contributed by atoms with Crippen LogP contribution in [0, 0.1) is 0 Å². The van der Waals surface area contributed by atoms with Crippen LogP contribution in [0.5, 0.6) is 0 Å². The molecule has 0 N–H and O–H groups in total. The molecule has 0 atom stereocenters. The predicted molar refractivity (Wildman–Crippen MR) is 314 cm³/mol. The Labute approximate surface area is 429 Å². The molecule has 0 bridgehead atoms. The van der Waals surface area contributed by atoms with Crippen LogP contribution < -0.4 is 0 Å². The van der Waals surface area contributed by atoms with Gasteiger partial charge < -0.3 is 0 Å². The highest BCUT2D eigenvalue weighted by Crippen LogP contribution is 2.23. The Morgan fingerprint density at radius 1 is 0.119 bits per heavy atom. The summed E-state index contributed by atoms with van der Waals surface area (Å²) < 4.78 is 0. The van der Waals surface area contributed by atoms with Crippen LogP contribution in [0.3, 0.4) is 0 Å². The second-order valence-electron chi connectivity index (χ2n) is 23.4. The van der Waals surface area contributed by atoms with Crippen molar-refractivity contribution in [2.45, 2.75) is 425 Å². The van der Waals surface area contributed by atoms with Gasteiger partial charge in [0.25, 0.3) is 0 Å². The van der Waals surface area contributed by atoms with E-state index in [1.807, 2.05) is 0 Å². The van der Waals surface area contributed by atoms with Gasteiger partial charge >= 0.3 is 0 Å². The maximum atomic E-state index is 2.32. The Hall–Kier alpha value is 0.0649. The Kier molecular flexibility index (Phi) is 64.1. The summed E-state index contributed by atoms with van der Waals surface area (Å²) in [4.78, 5) is 0. The summed E-state index contributed by atoms with van der Waals surface area (Å²) in [5, 5.41) is 0. The third kappa shape index (κ3) is 62.1. The summed E-state index contributed by atoms with van der Waals surface area (Å²) in [6.45, 7) is 7.99. The molecular weight excluding hydrogens is 804 g/mol. The molecule has 1 heteroatoms. The van der Waals surface area contributed by atoms with Gasteiger partial charge in [0.15, 0.2) is 0 Å². The van der Waals surface area contributed by atoms with Gasteiger partial charge in [-0.05, 0) is 0 Å². The smallest absolute Gasteiger partial charge is 0.0741 e. The fraction of sp³-hybridized carbons (Fsp3) is 1.00. The summed E-state index contributed by atoms with van der Waals surface area (Å²) in [7, 11) is 0. The fourth-order valence-electron chi connectivity index (χ4n) is 11.5. The molecule has 0 spiro atoms. The van der Waals surface area contributed by atoms with Crippen LogP contribution in [0.4, 0.5) is 0 Å². The lowest BCUT2D eigenvalue weighted by Crippen LogP contribution is -2.12. The lowest BCUT2D eigenvalue weighted by molar-refractivity contribution is 0.522. The van der Waals surface area contributed by atoms with Gasteiger partial charge in [0.05, 0.1) is 0 Å². The highest BCUT2D eigenvalue weighted by atomic mass is 14.1. The molecule has 0 aromatic carbocycles. The minimum Gasteiger partial charge on any atom is -0.0741 e. The van der Waals surface area contributed by atoms with Gasteiger partial charge in [-0.25, -0.2) is 0 Å². The first-order chi connectivity index (χ1) is 33.3. The molecule has 0 aromatic rings. The van der Waals surface area contributed by atoms with Crippen molar-refractivity contribution >= 4 is 6.71 Å². The van der Waals surface area contributed by atoms with Gasteiger partial charge in [-0.15, -0.1) is 0 Å². The van der Waals surface area contributed by atoms with Crippen LogP contribution >= 0.6 is 0 Å². The van der Waals surface area contributed by atoms with Crippen LogP contribution in [0.1, 0.15) is 406 Å². The summed E-state index contributed by atoms with van der Waals surface area (Å²) >= 11 is 0. The molecule has 0 radical (unpaired) electrons. The molecule has 0 aliphatic heterocycles. The van der Waals surface area contributed by atoms with Gasteiger partial charge in [-0.3, -0.25) is 0 Å². The fourth-order valence-corrected chi connectivity index (χ4v) is 11.5. The third-order valence-corrected chi connectivity index (χ3v) is 16.4. The van der Waals surface area contributed by atoms with Gasteiger partial charge in [0, 0.05) is 0 Å². The van der Waals surface area contributed by atoms with Crippen molar-refractivity contribution in [2.24, 2.45) is 0 Å². The summed E-state index contributed by atoms with van der Waals surface area (Å²) in [5.41, 5.74) is 0. The molecule has 0 heterocycles. The van der Waals surface area contributed by atoms with Gasteiger partial charge in [-0.1, -0.05) is 425 Å². The van der Waals surface area contributed by atoms with Crippen molar-refractivity contribution < 1.29 is 0 Å². The zero-order valence-electron chi connectivity index (χ0n) is 48.1. The first-order valence-electron chi connectivity index (χ1n) is 33.3. The van der Waals surface area contributed by atoms with Crippen molar-refractivity contribution in [3.63, 3.8) is 0 Å². The summed E-state index contributed by atoms with van der Waals surface area (Å²) in [6, 6.07) is 0. The minimum atomic E-state index is 1.03. The SMILES string of the molecule is CCCCCCCCCCCCCCCCCCCCCCB(CCCCCCCCCCCCCCCCCCCCCC)CCCCCCCCCCCCCCCCCCCCCC. The average Bonchev–Trinajstić information content (AvgIpc) is 3.34. The van der Waals surface area contributed by atoms with Crippen molar-refractivity contribution in [1.82, 2.24) is 0 Å². The predicted octanol–water partition coefficient (Wildman–Crippen LogP) is 25.9. The van der Waals surface area contributed by atoms with Crippen LogP contribution in [0.25, 0.3) is 0 Å². The van der Waals surface area contributed by atoms with E-state index in [0.717, 1.165) is 6.71 Å². The molecule has 0 nitrogen and oxygen atoms in total. The van der Waals surface area contributed by atoms with E-state index in [-0.39, 0.29) is 0 Å². The minimum absolute atomic E-state index is 1.03. The highest BCUT2D eigenvalue weighted by Gasteiger charge is 2.13. The van der Waals surface area contributed by atoms with Crippen molar-refractivity contribution in [1.29, 1.82) is 0 Å². The molecule has 0 rings (SSSR count). The maximum absolute atomic E-state index is 2.32. The van der Waals surface area contributed by atoms with Gasteiger partial charge in [0.1, 0.15) is 6.71 Å². The normalized spacial score (nSPS) is 11.7. The number of rotatable bonds is 63. The molecule has 0 unspecified atom stereocenters. The monoisotopic (exact) mass is 939 g/mol. The van der Waals surface area contributed by atoms with E-state index >= 15 is 0 Å². The lowest BCUT2D eigenvalue weighted by Gasteiger charge is -2.14. The molecule has 0 aromatic heterocycles. The average molecular weight is 940 g/mol. The van der Waals surface area contributed by atoms with Gasteiger partial charge in [-0.2, -0.15) is 0 Å². The highest BCUT2D eigenvalue weighted by molar-refractivity contribution is 6.58. The van der Waals surface area contributed by atoms with E-state index in [0.29, 0.717) is 0 Å². The second kappa shape index (κ2) is 64.1. The van der Waals surface area contributed by atoms with E-state index < -0.39 is 0 Å². The second-order valence-corrected chi connectivity index (χ2v) is 23.4. The summed E-state index contributed by atoms with van der Waals surface area (Å²) in [6.07, 6.45) is 93.8. The van der Waals surface area contributed by atoms with E-state index in [4.69, 9.17) is 0 Å². The molecule has 402 valence electrons. The molecule has 0 amide bonds. The zero-order valence-corrected chi connectivity index (χ0v) is 48.1. The standard InChI is InChI=1S/C66H135B/c1-4-7-10-13-16-19-22-25-28-31-34-37-40-43-46-49-52-55-58-61-64-67(65-62-59-56-53-50-47-44-41-38-35-32-29-26-23-20-17-14-11-8-5-2)66-63-60-57-54-51-48-45-42-39-36-33-30-27-24-21-18-15-12-9-6-3/h4-66H2,1-3H3. The molecule has 67 heavy (non-hydrogen) atoms. The van der Waals surface area contributed by atoms with E-state index in [9.17, 15) is 0 Å². The quantitative estimate of drug-likeness (QED) is 0.0421. The molecule has 0 saturated carbocycles. The van der Waals surface area contributed by atoms with E-state index in [2.05, 4.69) is 20.8 Å². The van der Waals surface area contributed by atoms with Crippen LogP contribution in [-0.4, -0.2) is 6.71 Å². The van der Waals surface area contributed by atoms with Crippen LogP contribution in [0.2, 0.25) is 19.0 Å². The summed E-state index contributed by atoms with van der Waals surface area (Å²) in [5.74, 6) is 0. The first-order valence-corrected chi connectivity index (χ1v) is 33.3. The van der Waals surface area contributed by atoms with Crippen LogP contribution in [0.15, 0.2) is 0 Å². The molecular formula is C66H135B. The number of unbranched alkanes of at least 4 members (excludes halogenated alkanes) is 57. The lowest BCUT2D eigenvalue weighted by atomic mass is 9.41. The van der Waals surface area contributed by atoms with E-state index in [1.54, 1.807) is 0 Å². The Morgan fingerprint density at radius 2 is 0.209 bits per heavy atom. The van der Waals surface area contributed by atoms with Crippen molar-refractivity contribution in [3.05, 3.63) is 0 Å². The Morgan fingerprint density at radius 3 is 0.313 bits per heavy atom. The number of hydrogen-bond acceptors (Lipinski definition) is 0. The van der Waals surface area contributed by atoms with Crippen molar-refractivity contribution in [3.8, 4) is 0 Å². The molecule has 0 aliphatic rings.